The van der Waals surface area contributed by atoms with E-state index >= 15 is 0 Å². The highest BCUT2D eigenvalue weighted by atomic mass is 16.3. The monoisotopic (exact) mass is 215 g/mol. The molecule has 16 heavy (non-hydrogen) atoms. The van der Waals surface area contributed by atoms with Crippen LogP contribution in [0.1, 0.15) is 22.9 Å². The summed E-state index contributed by atoms with van der Waals surface area (Å²) in [5, 5.41) is 10.1. The molecule has 2 rings (SSSR count). The smallest absolute Gasteiger partial charge is 0.129 e. The van der Waals surface area contributed by atoms with E-state index in [9.17, 15) is 5.11 Å². The van der Waals surface area contributed by atoms with Crippen molar-refractivity contribution in [3.05, 3.63) is 53.5 Å². The minimum absolute atomic E-state index is 0.331. The van der Waals surface area contributed by atoms with Gasteiger partial charge in [0, 0.05) is 18.0 Å². The van der Waals surface area contributed by atoms with E-state index in [1.165, 1.54) is 0 Å². The molecule has 2 heterocycles. The Labute approximate surface area is 93.8 Å². The Morgan fingerprint density at radius 3 is 2.69 bits per heavy atom. The van der Waals surface area contributed by atoms with Crippen LogP contribution in [-0.2, 0) is 0 Å². The zero-order valence-corrected chi connectivity index (χ0v) is 8.96. The summed E-state index contributed by atoms with van der Waals surface area (Å²) in [6.07, 6.45) is 2.48. The van der Waals surface area contributed by atoms with Gasteiger partial charge in [0.25, 0.3) is 0 Å². The second-order valence-corrected chi connectivity index (χ2v) is 3.64. The Bertz CT molecular complexity index is 482. The number of nitrogens with two attached hydrogens (primary N) is 1. The first-order chi connectivity index (χ1) is 7.68. The third-order valence-corrected chi connectivity index (χ3v) is 2.38. The Kier molecular flexibility index (Phi) is 2.83. The molecule has 0 spiro atoms. The number of nitrogen functional groups attached to an aromatic ring is 1. The minimum Gasteiger partial charge on any atom is -0.383 e. The van der Waals surface area contributed by atoms with Crippen LogP contribution in [0, 0.1) is 6.92 Å². The van der Waals surface area contributed by atoms with Gasteiger partial charge in [-0.15, -0.1) is 0 Å². The highest BCUT2D eigenvalue weighted by molar-refractivity contribution is 5.43. The number of aryl methyl sites for hydroxylation is 1. The molecule has 0 radical (unpaired) electrons. The Hall–Kier alpha value is -1.94. The van der Waals surface area contributed by atoms with Gasteiger partial charge in [-0.05, 0) is 24.6 Å². The first kappa shape index (κ1) is 10.6. The molecule has 0 aromatic carbocycles. The van der Waals surface area contributed by atoms with E-state index in [1.54, 1.807) is 30.6 Å². The normalized spacial score (nSPS) is 12.4. The standard InChI is InChI=1S/C12H13N3O/c1-8-4-5-10(15-7-8)11(16)9-3-2-6-14-12(9)13/h2-7,11,16H,1H3,(H2,13,14). The summed E-state index contributed by atoms with van der Waals surface area (Å²) in [6.45, 7) is 1.95. The molecular weight excluding hydrogens is 202 g/mol. The van der Waals surface area contributed by atoms with Crippen molar-refractivity contribution in [1.29, 1.82) is 0 Å². The first-order valence-corrected chi connectivity index (χ1v) is 4.99. The lowest BCUT2D eigenvalue weighted by Crippen LogP contribution is -2.06. The molecule has 82 valence electrons. The van der Waals surface area contributed by atoms with Crippen LogP contribution in [0.3, 0.4) is 0 Å². The van der Waals surface area contributed by atoms with Gasteiger partial charge in [-0.1, -0.05) is 12.1 Å². The van der Waals surface area contributed by atoms with Crippen LogP contribution < -0.4 is 5.73 Å². The van der Waals surface area contributed by atoms with Crippen molar-refractivity contribution in [3.63, 3.8) is 0 Å². The fourth-order valence-electron chi connectivity index (χ4n) is 1.46. The summed E-state index contributed by atoms with van der Waals surface area (Å²) in [4.78, 5) is 8.10. The number of nitrogens with zero attached hydrogens (tertiary/aromatic N) is 2. The number of hydrogen-bond donors (Lipinski definition) is 2. The first-order valence-electron chi connectivity index (χ1n) is 4.99. The third-order valence-electron chi connectivity index (χ3n) is 2.38. The lowest BCUT2D eigenvalue weighted by Gasteiger charge is -2.11. The van der Waals surface area contributed by atoms with Gasteiger partial charge < -0.3 is 10.8 Å². The number of hydrogen-bond acceptors (Lipinski definition) is 4. The fourth-order valence-corrected chi connectivity index (χ4v) is 1.46. The molecule has 4 heteroatoms. The zero-order chi connectivity index (χ0) is 11.5. The topological polar surface area (TPSA) is 72.0 Å². The van der Waals surface area contributed by atoms with Crippen molar-refractivity contribution in [2.24, 2.45) is 0 Å². The van der Waals surface area contributed by atoms with Crippen LogP contribution >= 0.6 is 0 Å². The summed E-state index contributed by atoms with van der Waals surface area (Å²) in [5.74, 6) is 0.331. The molecule has 2 aromatic heterocycles. The van der Waals surface area contributed by atoms with Crippen molar-refractivity contribution in [2.75, 3.05) is 5.73 Å². The average molecular weight is 215 g/mol. The quantitative estimate of drug-likeness (QED) is 0.795. The van der Waals surface area contributed by atoms with Gasteiger partial charge in [0.2, 0.25) is 0 Å². The van der Waals surface area contributed by atoms with E-state index < -0.39 is 6.10 Å². The summed E-state index contributed by atoms with van der Waals surface area (Å²) in [6, 6.07) is 7.17. The minimum atomic E-state index is -0.825. The van der Waals surface area contributed by atoms with Crippen molar-refractivity contribution >= 4 is 5.82 Å². The van der Waals surface area contributed by atoms with Crippen LogP contribution in [0.5, 0.6) is 0 Å². The Balaban J connectivity index is 2.35. The number of aliphatic hydroxyl groups is 1. The molecule has 4 nitrogen and oxygen atoms in total. The van der Waals surface area contributed by atoms with Gasteiger partial charge >= 0.3 is 0 Å². The van der Waals surface area contributed by atoms with Crippen molar-refractivity contribution in [3.8, 4) is 0 Å². The SMILES string of the molecule is Cc1ccc(C(O)c2cccnc2N)nc1. The number of aromatic nitrogens is 2. The number of aliphatic hydroxyl groups excluding tert-OH is 1. The summed E-state index contributed by atoms with van der Waals surface area (Å²) < 4.78 is 0. The lowest BCUT2D eigenvalue weighted by atomic mass is 10.1. The number of pyridine rings is 2. The second-order valence-electron chi connectivity index (χ2n) is 3.64. The van der Waals surface area contributed by atoms with Crippen LogP contribution in [0.2, 0.25) is 0 Å². The van der Waals surface area contributed by atoms with Gasteiger partial charge in [-0.2, -0.15) is 0 Å². The maximum atomic E-state index is 10.1. The molecule has 0 fully saturated rings. The highest BCUT2D eigenvalue weighted by Gasteiger charge is 2.14. The van der Waals surface area contributed by atoms with E-state index in [1.807, 2.05) is 13.0 Å². The molecule has 1 unspecified atom stereocenters. The van der Waals surface area contributed by atoms with Crippen molar-refractivity contribution in [2.45, 2.75) is 13.0 Å². The van der Waals surface area contributed by atoms with Crippen molar-refractivity contribution in [1.82, 2.24) is 9.97 Å². The zero-order valence-electron chi connectivity index (χ0n) is 8.96. The van der Waals surface area contributed by atoms with Gasteiger partial charge in [0.05, 0.1) is 5.69 Å². The molecular formula is C12H13N3O. The average Bonchev–Trinajstić information content (AvgIpc) is 2.30. The third kappa shape index (κ3) is 2.01. The van der Waals surface area contributed by atoms with E-state index in [4.69, 9.17) is 5.73 Å². The summed E-state index contributed by atoms with van der Waals surface area (Å²) in [7, 11) is 0. The van der Waals surface area contributed by atoms with E-state index in [-0.39, 0.29) is 0 Å². The summed E-state index contributed by atoms with van der Waals surface area (Å²) in [5.41, 5.74) is 7.90. The van der Waals surface area contributed by atoms with Crippen molar-refractivity contribution < 1.29 is 5.11 Å². The highest BCUT2D eigenvalue weighted by Crippen LogP contribution is 2.23. The second kappa shape index (κ2) is 4.28. The molecule has 0 amide bonds. The fraction of sp³-hybridized carbons (Fsp3) is 0.167. The predicted octanol–water partition coefficient (Wildman–Crippen LogP) is 1.45. The van der Waals surface area contributed by atoms with E-state index in [0.717, 1.165) is 5.56 Å². The van der Waals surface area contributed by atoms with Gasteiger partial charge in [-0.25, -0.2) is 4.98 Å². The molecule has 0 saturated heterocycles. The molecule has 0 aliphatic heterocycles. The maximum Gasteiger partial charge on any atom is 0.129 e. The largest absolute Gasteiger partial charge is 0.383 e. The Morgan fingerprint density at radius 2 is 2.06 bits per heavy atom. The predicted molar refractivity (Wildman–Crippen MR) is 61.7 cm³/mol. The van der Waals surface area contributed by atoms with Crippen LogP contribution in [0.4, 0.5) is 5.82 Å². The summed E-state index contributed by atoms with van der Waals surface area (Å²) >= 11 is 0. The van der Waals surface area contributed by atoms with E-state index in [2.05, 4.69) is 9.97 Å². The molecule has 0 saturated carbocycles. The number of anilines is 1. The molecule has 2 aromatic rings. The molecule has 1 atom stereocenters. The molecule has 0 bridgehead atoms. The van der Waals surface area contributed by atoms with Gasteiger partial charge in [0.1, 0.15) is 11.9 Å². The van der Waals surface area contributed by atoms with Crippen LogP contribution in [0.25, 0.3) is 0 Å². The van der Waals surface area contributed by atoms with Gasteiger partial charge in [0.15, 0.2) is 0 Å². The lowest BCUT2D eigenvalue weighted by molar-refractivity contribution is 0.215. The van der Waals surface area contributed by atoms with Crippen LogP contribution in [0.15, 0.2) is 36.7 Å². The number of rotatable bonds is 2. The van der Waals surface area contributed by atoms with Gasteiger partial charge in [-0.3, -0.25) is 4.98 Å². The Morgan fingerprint density at radius 1 is 1.25 bits per heavy atom. The molecule has 0 aliphatic rings. The van der Waals surface area contributed by atoms with Crippen LogP contribution in [-0.4, -0.2) is 15.1 Å². The molecule has 3 N–H and O–H groups in total. The molecule has 0 aliphatic carbocycles. The van der Waals surface area contributed by atoms with E-state index in [0.29, 0.717) is 17.1 Å². The maximum absolute atomic E-state index is 10.1.